The van der Waals surface area contributed by atoms with Crippen molar-refractivity contribution in [3.63, 3.8) is 0 Å². The molecule has 0 bridgehead atoms. The van der Waals surface area contributed by atoms with Gasteiger partial charge in [-0.15, -0.1) is 0 Å². The Labute approximate surface area is 108 Å². The zero-order valence-electron chi connectivity index (χ0n) is 10.4. The first kappa shape index (κ1) is 12.5. The quantitative estimate of drug-likeness (QED) is 0.897. The van der Waals surface area contributed by atoms with Crippen molar-refractivity contribution in [3.8, 4) is 5.75 Å². The van der Waals surface area contributed by atoms with Crippen LogP contribution in [0.5, 0.6) is 5.75 Å². The minimum absolute atomic E-state index is 0.523. The molecule has 1 N–H and O–H groups in total. The normalized spacial score (nSPS) is 20.4. The fourth-order valence-corrected chi connectivity index (χ4v) is 2.29. The van der Waals surface area contributed by atoms with E-state index in [9.17, 15) is 0 Å². The van der Waals surface area contributed by atoms with Crippen molar-refractivity contribution in [3.05, 3.63) is 23.2 Å². The first-order valence-electron chi connectivity index (χ1n) is 6.11. The van der Waals surface area contributed by atoms with Crippen molar-refractivity contribution in [2.75, 3.05) is 31.1 Å². The smallest absolute Gasteiger partial charge is 0.139 e. The summed E-state index contributed by atoms with van der Waals surface area (Å²) in [6, 6.07) is 6.52. The van der Waals surface area contributed by atoms with Crippen LogP contribution in [0.15, 0.2) is 18.2 Å². The maximum absolute atomic E-state index is 6.09. The summed E-state index contributed by atoms with van der Waals surface area (Å²) < 4.78 is 5.52. The number of halogens is 1. The number of anilines is 1. The third-order valence-corrected chi connectivity index (χ3v) is 3.26. The monoisotopic (exact) mass is 254 g/mol. The van der Waals surface area contributed by atoms with Crippen LogP contribution in [0.3, 0.4) is 0 Å². The van der Waals surface area contributed by atoms with E-state index in [2.05, 4.69) is 23.2 Å². The molecule has 1 fully saturated rings. The van der Waals surface area contributed by atoms with E-state index in [1.54, 1.807) is 0 Å². The molecule has 1 aliphatic rings. The number of ether oxygens (including phenoxy) is 1. The van der Waals surface area contributed by atoms with E-state index in [4.69, 9.17) is 16.3 Å². The summed E-state index contributed by atoms with van der Waals surface area (Å²) in [5.41, 5.74) is 1.19. The predicted molar refractivity (Wildman–Crippen MR) is 72.3 cm³/mol. The van der Waals surface area contributed by atoms with Crippen LogP contribution in [0.2, 0.25) is 5.02 Å². The van der Waals surface area contributed by atoms with Crippen LogP contribution in [-0.2, 0) is 0 Å². The Morgan fingerprint density at radius 2 is 2.35 bits per heavy atom. The zero-order chi connectivity index (χ0) is 12.3. The molecule has 4 heteroatoms. The molecular formula is C13H19ClN2O. The van der Waals surface area contributed by atoms with E-state index in [0.29, 0.717) is 17.7 Å². The lowest BCUT2D eigenvalue weighted by molar-refractivity contribution is 0.340. The first-order chi connectivity index (χ1) is 8.20. The van der Waals surface area contributed by atoms with Gasteiger partial charge in [-0.05, 0) is 26.0 Å². The molecule has 0 amide bonds. The summed E-state index contributed by atoms with van der Waals surface area (Å²) in [7, 11) is 0. The molecule has 1 heterocycles. The molecule has 0 spiro atoms. The molecule has 0 aliphatic carbocycles. The molecule has 3 nitrogen and oxygen atoms in total. The molecule has 1 atom stereocenters. The third kappa shape index (κ3) is 3.05. The summed E-state index contributed by atoms with van der Waals surface area (Å²) in [5, 5.41) is 4.11. The van der Waals surface area contributed by atoms with Gasteiger partial charge in [0, 0.05) is 37.4 Å². The van der Waals surface area contributed by atoms with Crippen LogP contribution >= 0.6 is 11.6 Å². The lowest BCUT2D eigenvalue weighted by atomic mass is 10.2. The molecule has 0 aromatic heterocycles. The van der Waals surface area contributed by atoms with Crippen molar-refractivity contribution in [2.45, 2.75) is 19.9 Å². The summed E-state index contributed by atoms with van der Waals surface area (Å²) >= 11 is 6.09. The van der Waals surface area contributed by atoms with Crippen LogP contribution in [-0.4, -0.2) is 32.3 Å². The first-order valence-corrected chi connectivity index (χ1v) is 6.49. The highest BCUT2D eigenvalue weighted by Gasteiger charge is 2.16. The fourth-order valence-electron chi connectivity index (χ4n) is 2.12. The van der Waals surface area contributed by atoms with Gasteiger partial charge in [0.15, 0.2) is 0 Å². The van der Waals surface area contributed by atoms with Crippen molar-refractivity contribution in [1.29, 1.82) is 0 Å². The summed E-state index contributed by atoms with van der Waals surface area (Å²) in [6.45, 7) is 7.88. The van der Waals surface area contributed by atoms with E-state index in [-0.39, 0.29) is 0 Å². The number of piperazine rings is 1. The highest BCUT2D eigenvalue weighted by atomic mass is 35.5. The molecule has 1 aromatic carbocycles. The summed E-state index contributed by atoms with van der Waals surface area (Å²) in [6.07, 6.45) is 0. The van der Waals surface area contributed by atoms with E-state index in [0.717, 1.165) is 25.4 Å². The average molecular weight is 255 g/mol. The lowest BCUT2D eigenvalue weighted by Gasteiger charge is -2.33. The Morgan fingerprint density at radius 3 is 3.06 bits per heavy atom. The molecule has 0 unspecified atom stereocenters. The highest BCUT2D eigenvalue weighted by Crippen LogP contribution is 2.30. The van der Waals surface area contributed by atoms with Gasteiger partial charge in [-0.2, -0.15) is 0 Å². The summed E-state index contributed by atoms with van der Waals surface area (Å²) in [4.78, 5) is 2.36. The van der Waals surface area contributed by atoms with Crippen LogP contribution < -0.4 is 15.0 Å². The third-order valence-electron chi connectivity index (χ3n) is 2.95. The summed E-state index contributed by atoms with van der Waals surface area (Å²) in [5.74, 6) is 0.776. The second kappa shape index (κ2) is 5.61. The van der Waals surface area contributed by atoms with Gasteiger partial charge in [0.1, 0.15) is 5.75 Å². The molecule has 1 aromatic rings. The molecule has 1 saturated heterocycles. The molecule has 17 heavy (non-hydrogen) atoms. The van der Waals surface area contributed by atoms with Crippen molar-refractivity contribution in [2.24, 2.45) is 0 Å². The number of hydrogen-bond acceptors (Lipinski definition) is 3. The Hall–Kier alpha value is -0.930. The van der Waals surface area contributed by atoms with Gasteiger partial charge < -0.3 is 15.0 Å². The maximum Gasteiger partial charge on any atom is 0.139 e. The van der Waals surface area contributed by atoms with Crippen molar-refractivity contribution >= 4 is 17.3 Å². The van der Waals surface area contributed by atoms with E-state index < -0.39 is 0 Å². The molecule has 2 rings (SSSR count). The standard InChI is InChI=1S/C13H19ClN2O/c1-3-17-13-8-11(4-5-12(13)14)16-7-6-15-10(2)9-16/h4-5,8,10,15H,3,6-7,9H2,1-2H3/t10-/m0/s1. The second-order valence-electron chi connectivity index (χ2n) is 4.35. The van der Waals surface area contributed by atoms with Gasteiger partial charge in [0.25, 0.3) is 0 Å². The number of rotatable bonds is 3. The Kier molecular flexibility index (Phi) is 4.13. The van der Waals surface area contributed by atoms with Gasteiger partial charge in [0.05, 0.1) is 11.6 Å². The Bertz CT molecular complexity index is 384. The number of nitrogens with zero attached hydrogens (tertiary/aromatic N) is 1. The highest BCUT2D eigenvalue weighted by molar-refractivity contribution is 6.32. The lowest BCUT2D eigenvalue weighted by Crippen LogP contribution is -2.49. The Morgan fingerprint density at radius 1 is 1.53 bits per heavy atom. The van der Waals surface area contributed by atoms with Gasteiger partial charge in [-0.1, -0.05) is 11.6 Å². The van der Waals surface area contributed by atoms with Crippen LogP contribution in [0.4, 0.5) is 5.69 Å². The molecule has 1 aliphatic heterocycles. The minimum Gasteiger partial charge on any atom is -0.492 e. The topological polar surface area (TPSA) is 24.5 Å². The van der Waals surface area contributed by atoms with Gasteiger partial charge in [0.2, 0.25) is 0 Å². The minimum atomic E-state index is 0.523. The van der Waals surface area contributed by atoms with Crippen LogP contribution in [0.1, 0.15) is 13.8 Å². The molecule has 0 radical (unpaired) electrons. The maximum atomic E-state index is 6.09. The van der Waals surface area contributed by atoms with Crippen LogP contribution in [0, 0.1) is 0 Å². The van der Waals surface area contributed by atoms with E-state index >= 15 is 0 Å². The zero-order valence-corrected chi connectivity index (χ0v) is 11.1. The second-order valence-corrected chi connectivity index (χ2v) is 4.76. The molecule has 94 valence electrons. The number of benzene rings is 1. The van der Waals surface area contributed by atoms with E-state index in [1.165, 1.54) is 5.69 Å². The Balaban J connectivity index is 2.17. The SMILES string of the molecule is CCOc1cc(N2CCN[C@@H](C)C2)ccc1Cl. The van der Waals surface area contributed by atoms with Crippen molar-refractivity contribution < 1.29 is 4.74 Å². The van der Waals surface area contributed by atoms with Crippen molar-refractivity contribution in [1.82, 2.24) is 5.32 Å². The van der Waals surface area contributed by atoms with Crippen LogP contribution in [0.25, 0.3) is 0 Å². The number of nitrogens with one attached hydrogen (secondary N) is 1. The molecular weight excluding hydrogens is 236 g/mol. The van der Waals surface area contributed by atoms with Gasteiger partial charge >= 0.3 is 0 Å². The molecule has 0 saturated carbocycles. The van der Waals surface area contributed by atoms with Gasteiger partial charge in [-0.25, -0.2) is 0 Å². The largest absolute Gasteiger partial charge is 0.492 e. The predicted octanol–water partition coefficient (Wildman–Crippen LogP) is 2.54. The van der Waals surface area contributed by atoms with E-state index in [1.807, 2.05) is 19.1 Å². The number of hydrogen-bond donors (Lipinski definition) is 1. The average Bonchev–Trinajstić information content (AvgIpc) is 2.32. The fraction of sp³-hybridized carbons (Fsp3) is 0.538. The van der Waals surface area contributed by atoms with Gasteiger partial charge in [-0.3, -0.25) is 0 Å².